The van der Waals surface area contributed by atoms with E-state index in [2.05, 4.69) is 10.2 Å². The fraction of sp³-hybridized carbons (Fsp3) is 0.800. The van der Waals surface area contributed by atoms with Gasteiger partial charge in [-0.05, 0) is 26.7 Å². The summed E-state index contributed by atoms with van der Waals surface area (Å²) < 4.78 is 0. The molecule has 0 saturated heterocycles. The first-order valence-electron chi connectivity index (χ1n) is 4.95. The van der Waals surface area contributed by atoms with Gasteiger partial charge in [0.2, 0.25) is 0 Å². The van der Waals surface area contributed by atoms with Crippen LogP contribution in [0.3, 0.4) is 0 Å². The van der Waals surface area contributed by atoms with Crippen LogP contribution in [0.15, 0.2) is 10.2 Å². The number of carbonyl (C=O) groups is 2. The van der Waals surface area contributed by atoms with Crippen molar-refractivity contribution in [1.82, 2.24) is 0 Å². The minimum absolute atomic E-state index is 0.279. The molecule has 0 bridgehead atoms. The number of hydrogen-bond acceptors (Lipinski definition) is 4. The highest BCUT2D eigenvalue weighted by Crippen LogP contribution is 2.24. The van der Waals surface area contributed by atoms with Gasteiger partial charge in [0, 0.05) is 0 Å². The van der Waals surface area contributed by atoms with Crippen LogP contribution in [0.5, 0.6) is 0 Å². The molecular formula is C10H18N2O4. The zero-order chi connectivity index (χ0) is 13.1. The molecule has 1 atom stereocenters. The van der Waals surface area contributed by atoms with Crippen LogP contribution in [0.25, 0.3) is 0 Å². The molecule has 0 amide bonds. The molecule has 0 aromatic rings. The second-order valence-corrected chi connectivity index (χ2v) is 4.67. The van der Waals surface area contributed by atoms with E-state index in [1.807, 2.05) is 0 Å². The molecule has 0 fully saturated rings. The van der Waals surface area contributed by atoms with Crippen molar-refractivity contribution in [2.24, 2.45) is 16.1 Å². The van der Waals surface area contributed by atoms with Gasteiger partial charge in [-0.3, -0.25) is 0 Å². The Morgan fingerprint density at radius 3 is 1.69 bits per heavy atom. The van der Waals surface area contributed by atoms with Crippen LogP contribution in [-0.2, 0) is 9.59 Å². The maximum absolute atomic E-state index is 11.0. The van der Waals surface area contributed by atoms with Crippen molar-refractivity contribution in [2.75, 3.05) is 0 Å². The Kier molecular flexibility index (Phi) is 4.17. The number of rotatable bonds is 5. The average molecular weight is 230 g/mol. The van der Waals surface area contributed by atoms with Gasteiger partial charge in [0.15, 0.2) is 11.1 Å². The third-order valence-corrected chi connectivity index (χ3v) is 2.59. The largest absolute Gasteiger partial charge is 0.479 e. The molecule has 16 heavy (non-hydrogen) atoms. The van der Waals surface area contributed by atoms with Crippen molar-refractivity contribution in [3.05, 3.63) is 0 Å². The quantitative estimate of drug-likeness (QED) is 0.703. The number of hydrogen-bond donors (Lipinski definition) is 2. The number of azo groups is 1. The van der Waals surface area contributed by atoms with Crippen LogP contribution in [0.1, 0.15) is 34.6 Å². The molecule has 0 aromatic heterocycles. The predicted octanol–water partition coefficient (Wildman–Crippen LogP) is 1.80. The minimum Gasteiger partial charge on any atom is -0.479 e. The van der Waals surface area contributed by atoms with Gasteiger partial charge in [0.1, 0.15) is 0 Å². The van der Waals surface area contributed by atoms with E-state index in [1.54, 1.807) is 13.8 Å². The lowest BCUT2D eigenvalue weighted by Crippen LogP contribution is -2.39. The van der Waals surface area contributed by atoms with Crippen LogP contribution in [0.2, 0.25) is 0 Å². The Balaban J connectivity index is 5.13. The molecule has 2 N–H and O–H groups in total. The Bertz CT molecular complexity index is 323. The molecule has 1 unspecified atom stereocenters. The summed E-state index contributed by atoms with van der Waals surface area (Å²) in [5.41, 5.74) is -2.81. The number of aliphatic carboxylic acids is 2. The molecule has 6 nitrogen and oxygen atoms in total. The summed E-state index contributed by atoms with van der Waals surface area (Å²) in [5.74, 6) is -2.54. The van der Waals surface area contributed by atoms with Crippen molar-refractivity contribution in [3.63, 3.8) is 0 Å². The predicted molar refractivity (Wildman–Crippen MR) is 57.4 cm³/mol. The summed E-state index contributed by atoms with van der Waals surface area (Å²) in [5, 5.41) is 25.2. The van der Waals surface area contributed by atoms with E-state index >= 15 is 0 Å². The van der Waals surface area contributed by atoms with Crippen LogP contribution < -0.4 is 0 Å². The lowest BCUT2D eigenvalue weighted by atomic mass is 9.90. The molecule has 92 valence electrons. The molecule has 0 spiro atoms. The molecule has 0 aliphatic carbocycles. The summed E-state index contributed by atoms with van der Waals surface area (Å²) in [6.07, 6.45) is 0. The van der Waals surface area contributed by atoms with Gasteiger partial charge < -0.3 is 10.2 Å². The lowest BCUT2D eigenvalue weighted by molar-refractivity contribution is -0.146. The van der Waals surface area contributed by atoms with Crippen molar-refractivity contribution in [2.45, 2.75) is 45.7 Å². The average Bonchev–Trinajstić information content (AvgIpc) is 2.13. The first kappa shape index (κ1) is 14.5. The summed E-state index contributed by atoms with van der Waals surface area (Å²) in [6, 6.07) is 0. The molecule has 0 heterocycles. The topological polar surface area (TPSA) is 99.3 Å². The fourth-order valence-corrected chi connectivity index (χ4v) is 0.677. The highest BCUT2D eigenvalue weighted by molar-refractivity contribution is 5.79. The zero-order valence-electron chi connectivity index (χ0n) is 10.2. The van der Waals surface area contributed by atoms with E-state index in [9.17, 15) is 9.59 Å². The summed E-state index contributed by atoms with van der Waals surface area (Å²) in [6.45, 7) is 7.53. The fourth-order valence-electron chi connectivity index (χ4n) is 0.677. The van der Waals surface area contributed by atoms with Crippen molar-refractivity contribution in [3.8, 4) is 0 Å². The van der Waals surface area contributed by atoms with Crippen LogP contribution in [-0.4, -0.2) is 33.2 Å². The normalized spacial score (nSPS) is 16.4. The third kappa shape index (κ3) is 3.01. The van der Waals surface area contributed by atoms with E-state index in [0.717, 1.165) is 0 Å². The monoisotopic (exact) mass is 230 g/mol. The van der Waals surface area contributed by atoms with Gasteiger partial charge in [-0.15, -0.1) is 0 Å². The van der Waals surface area contributed by atoms with E-state index in [-0.39, 0.29) is 5.92 Å². The van der Waals surface area contributed by atoms with Crippen molar-refractivity contribution >= 4 is 11.9 Å². The van der Waals surface area contributed by atoms with Gasteiger partial charge in [0.25, 0.3) is 0 Å². The van der Waals surface area contributed by atoms with E-state index in [1.165, 1.54) is 20.8 Å². The van der Waals surface area contributed by atoms with Gasteiger partial charge in [-0.1, -0.05) is 13.8 Å². The SMILES string of the molecule is CC(C)C(C)(/N=N/C(C)(C)C(=O)O)C(=O)O. The smallest absolute Gasteiger partial charge is 0.333 e. The first-order chi connectivity index (χ1) is 7.04. The Morgan fingerprint density at radius 1 is 1.00 bits per heavy atom. The zero-order valence-corrected chi connectivity index (χ0v) is 10.2. The molecular weight excluding hydrogens is 212 g/mol. The molecule has 0 aliphatic heterocycles. The summed E-state index contributed by atoms with van der Waals surface area (Å²) >= 11 is 0. The van der Waals surface area contributed by atoms with Gasteiger partial charge >= 0.3 is 11.9 Å². The second-order valence-electron chi connectivity index (χ2n) is 4.67. The minimum atomic E-state index is -1.41. The van der Waals surface area contributed by atoms with E-state index in [0.29, 0.717) is 0 Å². The Hall–Kier alpha value is -1.46. The van der Waals surface area contributed by atoms with Crippen molar-refractivity contribution < 1.29 is 19.8 Å². The molecule has 0 radical (unpaired) electrons. The molecule has 6 heteroatoms. The number of carboxylic acid groups (broad SMARTS) is 2. The first-order valence-corrected chi connectivity index (χ1v) is 4.95. The summed E-state index contributed by atoms with van der Waals surface area (Å²) in [7, 11) is 0. The van der Waals surface area contributed by atoms with Gasteiger partial charge in [-0.25, -0.2) is 9.59 Å². The highest BCUT2D eigenvalue weighted by atomic mass is 16.4. The molecule has 0 aromatic carbocycles. The second kappa shape index (κ2) is 4.59. The molecule has 0 saturated carbocycles. The van der Waals surface area contributed by atoms with E-state index < -0.39 is 23.0 Å². The lowest BCUT2D eigenvalue weighted by Gasteiger charge is -2.24. The van der Waals surface area contributed by atoms with Gasteiger partial charge in [-0.2, -0.15) is 10.2 Å². The third-order valence-electron chi connectivity index (χ3n) is 2.59. The Morgan fingerprint density at radius 2 is 1.44 bits per heavy atom. The maximum Gasteiger partial charge on any atom is 0.333 e. The van der Waals surface area contributed by atoms with Crippen LogP contribution in [0.4, 0.5) is 0 Å². The standard InChI is InChI=1S/C10H18N2O4/c1-6(2)10(5,8(15)16)12-11-9(3,4)7(13)14/h6H,1-5H3,(H,13,14)(H,15,16)/b12-11+. The highest BCUT2D eigenvalue weighted by Gasteiger charge is 2.38. The van der Waals surface area contributed by atoms with E-state index in [4.69, 9.17) is 10.2 Å². The molecule has 0 aliphatic rings. The van der Waals surface area contributed by atoms with Crippen LogP contribution >= 0.6 is 0 Å². The van der Waals surface area contributed by atoms with Gasteiger partial charge in [0.05, 0.1) is 0 Å². The van der Waals surface area contributed by atoms with Crippen LogP contribution in [0, 0.1) is 5.92 Å². The van der Waals surface area contributed by atoms with Crippen molar-refractivity contribution in [1.29, 1.82) is 0 Å². The summed E-state index contributed by atoms with van der Waals surface area (Å²) in [4.78, 5) is 21.8. The number of nitrogens with zero attached hydrogens (tertiary/aromatic N) is 2. The molecule has 0 rings (SSSR count). The number of carboxylic acids is 2. The maximum atomic E-state index is 11.0. The Labute approximate surface area is 94.4 Å².